The smallest absolute Gasteiger partial charge is 0.319 e. The van der Waals surface area contributed by atoms with Crippen LogP contribution in [-0.4, -0.2) is 30.7 Å². The summed E-state index contributed by atoms with van der Waals surface area (Å²) in [7, 11) is -4.37. The second-order valence-corrected chi connectivity index (χ2v) is 6.74. The van der Waals surface area contributed by atoms with Crippen LogP contribution in [-0.2, 0) is 14.4 Å². The van der Waals surface area contributed by atoms with Gasteiger partial charge in [0.25, 0.3) is 5.69 Å². The summed E-state index contributed by atoms with van der Waals surface area (Å²) < 4.78 is 42.9. The van der Waals surface area contributed by atoms with E-state index in [0.717, 1.165) is 30.0 Å². The normalized spacial score (nSPS) is 11.5. The molecular formula is C15H14FN5O5S. The van der Waals surface area contributed by atoms with Crippen LogP contribution in [0, 0.1) is 28.3 Å². The van der Waals surface area contributed by atoms with Gasteiger partial charge in [-0.25, -0.2) is 4.39 Å². The second-order valence-electron chi connectivity index (χ2n) is 5.21. The first kappa shape index (κ1) is 19.9. The number of nitrogens with two attached hydrogens (primary N) is 1. The third-order valence-corrected chi connectivity index (χ3v) is 4.36. The summed E-state index contributed by atoms with van der Waals surface area (Å²) >= 11 is 0. The van der Waals surface area contributed by atoms with Gasteiger partial charge >= 0.3 is 10.1 Å². The lowest BCUT2D eigenvalue weighted by Crippen LogP contribution is -2.34. The van der Waals surface area contributed by atoms with Crippen molar-refractivity contribution >= 4 is 28.0 Å². The molecule has 0 atom stereocenters. The van der Waals surface area contributed by atoms with Crippen molar-refractivity contribution in [1.82, 2.24) is 5.17 Å². The molecule has 0 aliphatic carbocycles. The monoisotopic (exact) mass is 395 g/mol. The molecule has 0 unspecified atom stereocenters. The number of halogens is 1. The number of nitro benzene ring substituents is 1. The Balaban J connectivity index is 2.29. The predicted octanol–water partition coefficient (Wildman–Crippen LogP) is 1.89. The van der Waals surface area contributed by atoms with E-state index in [0.29, 0.717) is 0 Å². The van der Waals surface area contributed by atoms with E-state index >= 15 is 0 Å². The first-order chi connectivity index (χ1) is 12.6. The van der Waals surface area contributed by atoms with Gasteiger partial charge in [0, 0.05) is 17.7 Å². The van der Waals surface area contributed by atoms with Gasteiger partial charge in [-0.1, -0.05) is 22.9 Å². The molecule has 2 aromatic carbocycles. The second kappa shape index (κ2) is 7.88. The van der Waals surface area contributed by atoms with Crippen molar-refractivity contribution in [2.75, 3.05) is 0 Å². The summed E-state index contributed by atoms with van der Waals surface area (Å²) in [5, 5.41) is 21.7. The number of hydroxylamine groups is 1. The fraction of sp³-hybridized carbons (Fsp3) is 0.0667. The summed E-state index contributed by atoms with van der Waals surface area (Å²) in [4.78, 5) is 9.80. The summed E-state index contributed by atoms with van der Waals surface area (Å²) in [6, 6.07) is 8.33. The van der Waals surface area contributed by atoms with E-state index in [4.69, 9.17) is 11.1 Å². The SMILES string of the molecule is Cc1ccc(S(=O)(=O)ON(N=Cc2cc([N+](=O)[O-])ccc2F)C(=N)N)cc1. The van der Waals surface area contributed by atoms with Crippen molar-refractivity contribution in [3.8, 4) is 0 Å². The summed E-state index contributed by atoms with van der Waals surface area (Å²) in [6.07, 6.45) is 0.744. The molecule has 12 heteroatoms. The van der Waals surface area contributed by atoms with Gasteiger partial charge in [-0.15, -0.1) is 9.39 Å². The van der Waals surface area contributed by atoms with E-state index in [1.807, 2.05) is 0 Å². The number of nitro groups is 1. The fourth-order valence-corrected chi connectivity index (χ4v) is 2.68. The van der Waals surface area contributed by atoms with Crippen molar-refractivity contribution in [2.24, 2.45) is 10.8 Å². The van der Waals surface area contributed by atoms with E-state index in [2.05, 4.69) is 9.39 Å². The van der Waals surface area contributed by atoms with Crippen LogP contribution >= 0.6 is 0 Å². The van der Waals surface area contributed by atoms with Gasteiger partial charge in [-0.05, 0) is 25.1 Å². The Morgan fingerprint density at radius 1 is 1.33 bits per heavy atom. The van der Waals surface area contributed by atoms with E-state index in [1.54, 1.807) is 6.92 Å². The van der Waals surface area contributed by atoms with Crippen LogP contribution in [0.3, 0.4) is 0 Å². The highest BCUT2D eigenvalue weighted by Crippen LogP contribution is 2.17. The zero-order chi connectivity index (χ0) is 20.2. The minimum Gasteiger partial charge on any atom is -0.367 e. The van der Waals surface area contributed by atoms with Crippen LogP contribution in [0.2, 0.25) is 0 Å². The molecule has 142 valence electrons. The number of guanidine groups is 1. The lowest BCUT2D eigenvalue weighted by atomic mass is 10.2. The minimum atomic E-state index is -4.37. The summed E-state index contributed by atoms with van der Waals surface area (Å²) in [5.41, 5.74) is 5.32. The molecule has 0 saturated heterocycles. The molecule has 27 heavy (non-hydrogen) atoms. The molecule has 2 aromatic rings. The predicted molar refractivity (Wildman–Crippen MR) is 93.9 cm³/mol. The lowest BCUT2D eigenvalue weighted by Gasteiger charge is -2.15. The molecule has 10 nitrogen and oxygen atoms in total. The van der Waals surface area contributed by atoms with Crippen LogP contribution in [0.15, 0.2) is 52.5 Å². The molecule has 0 aromatic heterocycles. The van der Waals surface area contributed by atoms with Crippen LogP contribution in [0.25, 0.3) is 0 Å². The highest BCUT2D eigenvalue weighted by molar-refractivity contribution is 7.86. The van der Waals surface area contributed by atoms with Crippen LogP contribution in [0.4, 0.5) is 10.1 Å². The van der Waals surface area contributed by atoms with Gasteiger partial charge in [0.2, 0.25) is 5.96 Å². The molecule has 2 rings (SSSR count). The topological polar surface area (TPSA) is 152 Å². The Morgan fingerprint density at radius 3 is 2.52 bits per heavy atom. The first-order valence-corrected chi connectivity index (χ1v) is 8.64. The van der Waals surface area contributed by atoms with E-state index in [1.165, 1.54) is 24.3 Å². The van der Waals surface area contributed by atoms with Gasteiger partial charge in [0.05, 0.1) is 16.0 Å². The number of benzene rings is 2. The number of non-ortho nitro benzene ring substituents is 1. The summed E-state index contributed by atoms with van der Waals surface area (Å²) in [6.45, 7) is 1.76. The van der Waals surface area contributed by atoms with Crippen LogP contribution < -0.4 is 5.73 Å². The van der Waals surface area contributed by atoms with Crippen molar-refractivity contribution in [2.45, 2.75) is 11.8 Å². The minimum absolute atomic E-state index is 0.146. The number of hydrogen-bond donors (Lipinski definition) is 2. The summed E-state index contributed by atoms with van der Waals surface area (Å²) in [5.74, 6) is -1.76. The molecule has 0 fully saturated rings. The number of aryl methyl sites for hydroxylation is 1. The maximum absolute atomic E-state index is 13.7. The maximum Gasteiger partial charge on any atom is 0.319 e. The molecule has 0 amide bonds. The number of nitrogens with one attached hydrogen (secondary N) is 1. The van der Waals surface area contributed by atoms with Gasteiger partial charge in [0.15, 0.2) is 0 Å². The highest BCUT2D eigenvalue weighted by Gasteiger charge is 2.21. The van der Waals surface area contributed by atoms with Crippen LogP contribution in [0.1, 0.15) is 11.1 Å². The number of hydrogen-bond acceptors (Lipinski definition) is 7. The molecule has 0 bridgehead atoms. The Labute approximate surface area is 153 Å². The molecule has 0 radical (unpaired) electrons. The maximum atomic E-state index is 13.7. The van der Waals surface area contributed by atoms with Gasteiger partial charge in [-0.3, -0.25) is 15.5 Å². The molecular weight excluding hydrogens is 381 g/mol. The number of rotatable bonds is 6. The molecule has 0 spiro atoms. The van der Waals surface area contributed by atoms with Crippen molar-refractivity contribution in [1.29, 1.82) is 5.41 Å². The van der Waals surface area contributed by atoms with Gasteiger partial charge in [0.1, 0.15) is 5.82 Å². The van der Waals surface area contributed by atoms with E-state index < -0.39 is 32.5 Å². The third-order valence-electron chi connectivity index (χ3n) is 3.18. The van der Waals surface area contributed by atoms with E-state index in [-0.39, 0.29) is 15.6 Å². The lowest BCUT2D eigenvalue weighted by molar-refractivity contribution is -0.384. The zero-order valence-corrected chi connectivity index (χ0v) is 14.7. The molecule has 0 heterocycles. The van der Waals surface area contributed by atoms with Crippen molar-refractivity contribution in [3.63, 3.8) is 0 Å². The third kappa shape index (κ3) is 5.05. The zero-order valence-electron chi connectivity index (χ0n) is 13.9. The van der Waals surface area contributed by atoms with Crippen molar-refractivity contribution < 1.29 is 22.0 Å². The van der Waals surface area contributed by atoms with Gasteiger partial charge < -0.3 is 5.73 Å². The Hall–Kier alpha value is -3.38. The van der Waals surface area contributed by atoms with Crippen LogP contribution in [0.5, 0.6) is 0 Å². The Morgan fingerprint density at radius 2 is 1.96 bits per heavy atom. The quantitative estimate of drug-likeness (QED) is 0.328. The average Bonchev–Trinajstić information content (AvgIpc) is 2.59. The van der Waals surface area contributed by atoms with Crippen molar-refractivity contribution in [3.05, 3.63) is 69.5 Å². The van der Waals surface area contributed by atoms with Gasteiger partial charge in [-0.2, -0.15) is 8.42 Å². The molecule has 0 aliphatic rings. The molecule has 0 aliphatic heterocycles. The Bertz CT molecular complexity index is 1010. The molecule has 0 saturated carbocycles. The fourth-order valence-electron chi connectivity index (χ4n) is 1.82. The molecule has 3 N–H and O–H groups in total. The average molecular weight is 395 g/mol. The van der Waals surface area contributed by atoms with E-state index in [9.17, 15) is 22.9 Å². The highest BCUT2D eigenvalue weighted by atomic mass is 32.2. The largest absolute Gasteiger partial charge is 0.367 e. The number of hydrazone groups is 1. The first-order valence-electron chi connectivity index (χ1n) is 7.23. The Kier molecular flexibility index (Phi) is 5.82. The number of nitrogens with zero attached hydrogens (tertiary/aromatic N) is 3. The standard InChI is InChI=1S/C15H14FN5O5S/c1-10-2-5-13(6-3-10)27(24,25)26-20(15(17)18)19-9-11-8-12(21(22)23)4-7-14(11)16/h2-9H,1H3,(H3,17,18).